The number of nitrogens with zero attached hydrogens (tertiary/aromatic N) is 3. The van der Waals surface area contributed by atoms with E-state index >= 15 is 0 Å². The van der Waals surface area contributed by atoms with Crippen molar-refractivity contribution in [3.63, 3.8) is 0 Å². The van der Waals surface area contributed by atoms with Crippen LogP contribution in [0.4, 0.5) is 5.69 Å². The smallest absolute Gasteiger partial charge is 0.213 e. The maximum absolute atomic E-state index is 6.15. The van der Waals surface area contributed by atoms with E-state index in [-0.39, 0.29) is 0 Å². The molecule has 0 atom stereocenters. The third-order valence-electron chi connectivity index (χ3n) is 2.56. The number of fused-ring (bicyclic) bond motifs is 1. The number of nitrogens with two attached hydrogens (primary N) is 1. The Hall–Kier alpha value is -2.08. The topological polar surface area (TPSA) is 80.5 Å². The maximum Gasteiger partial charge on any atom is 0.213 e. The highest BCUT2D eigenvalue weighted by atomic mass is 32.2. The van der Waals surface area contributed by atoms with Crippen molar-refractivity contribution in [1.82, 2.24) is 20.2 Å². The molecular weight excluding hydrogens is 246 g/mol. The van der Waals surface area contributed by atoms with Gasteiger partial charge in [-0.3, -0.25) is 10.1 Å². The van der Waals surface area contributed by atoms with E-state index in [2.05, 4.69) is 20.2 Å². The lowest BCUT2D eigenvalue weighted by Gasteiger charge is -2.06. The van der Waals surface area contributed by atoms with E-state index in [0.717, 1.165) is 21.6 Å². The van der Waals surface area contributed by atoms with Crippen molar-refractivity contribution in [2.45, 2.75) is 17.0 Å². The van der Waals surface area contributed by atoms with Crippen LogP contribution in [-0.4, -0.2) is 20.2 Å². The van der Waals surface area contributed by atoms with Crippen LogP contribution in [0.15, 0.2) is 40.5 Å². The number of pyridine rings is 1. The molecule has 1 aromatic carbocycles. The average Bonchev–Trinajstić information content (AvgIpc) is 2.79. The van der Waals surface area contributed by atoms with E-state index in [1.54, 1.807) is 6.20 Å². The van der Waals surface area contributed by atoms with Crippen LogP contribution >= 0.6 is 11.8 Å². The van der Waals surface area contributed by atoms with E-state index in [0.29, 0.717) is 10.8 Å². The van der Waals surface area contributed by atoms with Crippen molar-refractivity contribution in [1.29, 1.82) is 0 Å². The van der Waals surface area contributed by atoms with Crippen molar-refractivity contribution in [3.8, 4) is 0 Å². The first-order chi connectivity index (χ1) is 8.74. The summed E-state index contributed by atoms with van der Waals surface area (Å²) < 4.78 is 0. The number of H-pyrrole nitrogens is 1. The number of hydrogen-bond acceptors (Lipinski definition) is 5. The molecule has 0 radical (unpaired) electrons. The molecule has 0 aliphatic rings. The zero-order chi connectivity index (χ0) is 12.5. The van der Waals surface area contributed by atoms with Crippen LogP contribution in [0.1, 0.15) is 5.82 Å². The minimum absolute atomic E-state index is 0.669. The van der Waals surface area contributed by atoms with Crippen molar-refractivity contribution in [2.75, 3.05) is 5.73 Å². The highest BCUT2D eigenvalue weighted by molar-refractivity contribution is 7.99. The molecule has 3 N–H and O–H groups in total. The molecule has 2 heterocycles. The van der Waals surface area contributed by atoms with Crippen molar-refractivity contribution >= 4 is 28.4 Å². The van der Waals surface area contributed by atoms with E-state index in [9.17, 15) is 0 Å². The summed E-state index contributed by atoms with van der Waals surface area (Å²) in [4.78, 5) is 9.46. The van der Waals surface area contributed by atoms with Gasteiger partial charge in [-0.2, -0.15) is 0 Å². The molecule has 0 aliphatic heterocycles. The molecule has 0 spiro atoms. The van der Waals surface area contributed by atoms with Gasteiger partial charge in [0.15, 0.2) is 0 Å². The summed E-state index contributed by atoms with van der Waals surface area (Å²) in [7, 11) is 0. The van der Waals surface area contributed by atoms with Gasteiger partial charge in [-0.25, -0.2) is 4.98 Å². The third kappa shape index (κ3) is 1.91. The lowest BCUT2D eigenvalue weighted by atomic mass is 10.2. The zero-order valence-corrected chi connectivity index (χ0v) is 10.5. The molecule has 0 fully saturated rings. The Morgan fingerprint density at radius 3 is 2.94 bits per heavy atom. The van der Waals surface area contributed by atoms with Crippen LogP contribution in [-0.2, 0) is 0 Å². The minimum Gasteiger partial charge on any atom is -0.397 e. The molecule has 0 saturated heterocycles. The number of aromatic amines is 1. The largest absolute Gasteiger partial charge is 0.397 e. The van der Waals surface area contributed by atoms with Gasteiger partial charge < -0.3 is 5.73 Å². The van der Waals surface area contributed by atoms with Gasteiger partial charge in [0.25, 0.3) is 0 Å². The van der Waals surface area contributed by atoms with Crippen molar-refractivity contribution in [3.05, 3.63) is 36.3 Å². The molecule has 2 aromatic heterocycles. The summed E-state index contributed by atoms with van der Waals surface area (Å²) in [6.07, 6.45) is 1.76. The standard InChI is InChI=1S/C12H11N5S/c1-7-15-12(17-16-7)18-10-5-4-9-8(11(10)13)3-2-6-14-9/h2-6H,13H2,1H3,(H,15,16,17). The van der Waals surface area contributed by atoms with Gasteiger partial charge >= 0.3 is 0 Å². The first-order valence-corrected chi connectivity index (χ1v) is 6.26. The minimum atomic E-state index is 0.669. The van der Waals surface area contributed by atoms with Gasteiger partial charge in [-0.15, -0.1) is 5.10 Å². The molecule has 90 valence electrons. The van der Waals surface area contributed by atoms with E-state index in [1.165, 1.54) is 11.8 Å². The second-order valence-electron chi connectivity index (χ2n) is 3.85. The van der Waals surface area contributed by atoms with Crippen LogP contribution < -0.4 is 5.73 Å². The maximum atomic E-state index is 6.15. The first kappa shape index (κ1) is 11.0. The molecule has 0 saturated carbocycles. The van der Waals surface area contributed by atoms with Crippen LogP contribution in [0.25, 0.3) is 10.9 Å². The van der Waals surface area contributed by atoms with Crippen LogP contribution in [0, 0.1) is 6.92 Å². The summed E-state index contributed by atoms with van der Waals surface area (Å²) in [5.74, 6) is 0.790. The van der Waals surface area contributed by atoms with Gasteiger partial charge in [0.2, 0.25) is 5.16 Å². The Morgan fingerprint density at radius 2 is 2.17 bits per heavy atom. The molecule has 6 heteroatoms. The lowest BCUT2D eigenvalue weighted by molar-refractivity contribution is 0.970. The summed E-state index contributed by atoms with van der Waals surface area (Å²) in [5.41, 5.74) is 7.76. The number of anilines is 1. The van der Waals surface area contributed by atoms with Gasteiger partial charge in [0.1, 0.15) is 5.82 Å². The fraction of sp³-hybridized carbons (Fsp3) is 0.0833. The van der Waals surface area contributed by atoms with E-state index < -0.39 is 0 Å². The van der Waals surface area contributed by atoms with E-state index in [4.69, 9.17) is 5.73 Å². The van der Waals surface area contributed by atoms with Gasteiger partial charge in [0, 0.05) is 16.5 Å². The fourth-order valence-corrected chi connectivity index (χ4v) is 2.54. The fourth-order valence-electron chi connectivity index (χ4n) is 1.71. The third-order valence-corrected chi connectivity index (χ3v) is 3.51. The van der Waals surface area contributed by atoms with Crippen LogP contribution in [0.5, 0.6) is 0 Å². The predicted octanol–water partition coefficient (Wildman–Crippen LogP) is 2.39. The quantitative estimate of drug-likeness (QED) is 0.689. The Balaban J connectivity index is 2.04. The monoisotopic (exact) mass is 257 g/mol. The van der Waals surface area contributed by atoms with Gasteiger partial charge in [0.05, 0.1) is 11.2 Å². The molecule has 0 bridgehead atoms. The molecule has 3 rings (SSSR count). The predicted molar refractivity (Wildman–Crippen MR) is 71.4 cm³/mol. The molecule has 0 aliphatic carbocycles. The Labute approximate surface area is 108 Å². The Morgan fingerprint density at radius 1 is 1.28 bits per heavy atom. The second-order valence-corrected chi connectivity index (χ2v) is 4.86. The lowest BCUT2D eigenvalue weighted by Crippen LogP contribution is -1.92. The molecule has 0 unspecified atom stereocenters. The number of aromatic nitrogens is 4. The number of hydrogen-bond donors (Lipinski definition) is 2. The normalized spacial score (nSPS) is 10.9. The summed E-state index contributed by atoms with van der Waals surface area (Å²) >= 11 is 1.44. The van der Waals surface area contributed by atoms with Crippen LogP contribution in [0.2, 0.25) is 0 Å². The average molecular weight is 257 g/mol. The second kappa shape index (κ2) is 4.30. The summed E-state index contributed by atoms with van der Waals surface area (Å²) in [6, 6.07) is 7.74. The summed E-state index contributed by atoms with van der Waals surface area (Å²) in [5, 5.41) is 8.52. The van der Waals surface area contributed by atoms with Crippen LogP contribution in [0.3, 0.4) is 0 Å². The highest BCUT2D eigenvalue weighted by Crippen LogP contribution is 2.33. The number of aryl methyl sites for hydroxylation is 1. The Kier molecular flexibility index (Phi) is 2.64. The Bertz CT molecular complexity index is 707. The number of nitrogens with one attached hydrogen (secondary N) is 1. The first-order valence-electron chi connectivity index (χ1n) is 5.44. The SMILES string of the molecule is Cc1nc(Sc2ccc3ncccc3c2N)n[nH]1. The number of nitrogen functional groups attached to an aromatic ring is 1. The molecular formula is C12H11N5S. The molecule has 5 nitrogen and oxygen atoms in total. The molecule has 3 aromatic rings. The number of benzene rings is 1. The number of rotatable bonds is 2. The van der Waals surface area contributed by atoms with Crippen molar-refractivity contribution in [2.24, 2.45) is 0 Å². The molecule has 0 amide bonds. The van der Waals surface area contributed by atoms with E-state index in [1.807, 2.05) is 31.2 Å². The highest BCUT2D eigenvalue weighted by Gasteiger charge is 2.09. The summed E-state index contributed by atoms with van der Waals surface area (Å²) in [6.45, 7) is 1.87. The van der Waals surface area contributed by atoms with Gasteiger partial charge in [-0.05, 0) is 43.0 Å². The zero-order valence-electron chi connectivity index (χ0n) is 9.71. The van der Waals surface area contributed by atoms with Crippen molar-refractivity contribution < 1.29 is 0 Å². The molecule has 18 heavy (non-hydrogen) atoms. The van der Waals surface area contributed by atoms with Gasteiger partial charge in [-0.1, -0.05) is 0 Å².